The zero-order valence-corrected chi connectivity index (χ0v) is 12.2. The first kappa shape index (κ1) is 14.3. The molecule has 0 amide bonds. The summed E-state index contributed by atoms with van der Waals surface area (Å²) in [4.78, 5) is 0. The van der Waals surface area contributed by atoms with Gasteiger partial charge in [-0.25, -0.2) is 0 Å². The van der Waals surface area contributed by atoms with E-state index in [1.54, 1.807) is 19.2 Å². The summed E-state index contributed by atoms with van der Waals surface area (Å²) in [6.07, 6.45) is 0. The smallest absolute Gasteiger partial charge is 0.160 e. The van der Waals surface area contributed by atoms with Crippen molar-refractivity contribution in [2.75, 3.05) is 12.4 Å². The van der Waals surface area contributed by atoms with Gasteiger partial charge in [0.25, 0.3) is 0 Å². The number of hydrogen-bond acceptors (Lipinski definition) is 3. The molecule has 0 unspecified atom stereocenters. The third-order valence-electron chi connectivity index (χ3n) is 3.32. The van der Waals surface area contributed by atoms with E-state index in [2.05, 4.69) is 43.4 Å². The van der Waals surface area contributed by atoms with Crippen LogP contribution in [0.25, 0.3) is 0 Å². The summed E-state index contributed by atoms with van der Waals surface area (Å²) < 4.78 is 5.03. The molecule has 2 aromatic carbocycles. The molecule has 2 N–H and O–H groups in total. The summed E-state index contributed by atoms with van der Waals surface area (Å²) >= 11 is 0. The topological polar surface area (TPSA) is 41.5 Å². The number of rotatable bonds is 5. The van der Waals surface area contributed by atoms with Crippen LogP contribution in [-0.2, 0) is 6.54 Å². The minimum absolute atomic E-state index is 0.168. The molecule has 0 saturated carbocycles. The summed E-state index contributed by atoms with van der Waals surface area (Å²) in [5.41, 5.74) is 3.42. The van der Waals surface area contributed by atoms with Gasteiger partial charge in [-0.15, -0.1) is 0 Å². The number of phenolic OH excluding ortho intramolecular Hbond substituents is 1. The predicted octanol–water partition coefficient (Wildman–Crippen LogP) is 4.14. The molecule has 0 radical (unpaired) electrons. The highest BCUT2D eigenvalue weighted by Gasteiger charge is 2.03. The van der Waals surface area contributed by atoms with Gasteiger partial charge in [0.2, 0.25) is 0 Å². The Bertz CT molecular complexity index is 562. The van der Waals surface area contributed by atoms with Crippen molar-refractivity contribution in [1.29, 1.82) is 0 Å². The van der Waals surface area contributed by atoms with E-state index in [-0.39, 0.29) is 5.75 Å². The highest BCUT2D eigenvalue weighted by Crippen LogP contribution is 2.26. The Labute approximate surface area is 120 Å². The fourth-order valence-corrected chi connectivity index (χ4v) is 2.04. The van der Waals surface area contributed by atoms with Crippen LogP contribution in [0.5, 0.6) is 11.5 Å². The Morgan fingerprint density at radius 2 is 1.80 bits per heavy atom. The maximum absolute atomic E-state index is 9.73. The number of anilines is 1. The molecule has 0 spiro atoms. The van der Waals surface area contributed by atoms with E-state index in [0.717, 1.165) is 11.3 Å². The van der Waals surface area contributed by atoms with Gasteiger partial charge < -0.3 is 15.2 Å². The Hall–Kier alpha value is -2.16. The van der Waals surface area contributed by atoms with E-state index in [0.29, 0.717) is 18.2 Å². The number of aromatic hydroxyl groups is 1. The summed E-state index contributed by atoms with van der Waals surface area (Å²) in [6, 6.07) is 13.9. The van der Waals surface area contributed by atoms with Gasteiger partial charge in [0.1, 0.15) is 0 Å². The summed E-state index contributed by atoms with van der Waals surface area (Å²) in [5.74, 6) is 1.21. The number of ether oxygens (including phenoxy) is 1. The molecule has 2 aromatic rings. The van der Waals surface area contributed by atoms with Gasteiger partial charge in [-0.2, -0.15) is 0 Å². The second-order valence-corrected chi connectivity index (χ2v) is 5.14. The number of nitrogens with one attached hydrogen (secondary N) is 1. The van der Waals surface area contributed by atoms with Gasteiger partial charge in [0.05, 0.1) is 7.11 Å². The lowest BCUT2D eigenvalue weighted by Gasteiger charge is -2.10. The molecular formula is C17H21NO2. The third kappa shape index (κ3) is 3.44. The van der Waals surface area contributed by atoms with Crippen molar-refractivity contribution in [3.63, 3.8) is 0 Å². The number of phenols is 1. The van der Waals surface area contributed by atoms with Crippen molar-refractivity contribution in [1.82, 2.24) is 0 Å². The van der Waals surface area contributed by atoms with Crippen LogP contribution in [0.3, 0.4) is 0 Å². The standard InChI is InChI=1S/C17H21NO2/c1-12(2)14-5-7-15(8-6-14)18-11-13-4-9-17(20-3)16(19)10-13/h4-10,12,18-19H,11H2,1-3H3. The monoisotopic (exact) mass is 271 g/mol. The molecule has 2 rings (SSSR count). The van der Waals surface area contributed by atoms with Gasteiger partial charge in [0.15, 0.2) is 11.5 Å². The van der Waals surface area contributed by atoms with Crippen molar-refractivity contribution in [3.05, 3.63) is 53.6 Å². The van der Waals surface area contributed by atoms with E-state index in [1.165, 1.54) is 5.56 Å². The van der Waals surface area contributed by atoms with Gasteiger partial charge in [-0.3, -0.25) is 0 Å². The number of hydrogen-bond donors (Lipinski definition) is 2. The van der Waals surface area contributed by atoms with Crippen LogP contribution in [0, 0.1) is 0 Å². The molecule has 0 fully saturated rings. The van der Waals surface area contributed by atoms with Crippen LogP contribution in [0.1, 0.15) is 30.9 Å². The lowest BCUT2D eigenvalue weighted by Crippen LogP contribution is -1.99. The van der Waals surface area contributed by atoms with Crippen LogP contribution < -0.4 is 10.1 Å². The first-order valence-corrected chi connectivity index (χ1v) is 6.80. The average Bonchev–Trinajstić information content (AvgIpc) is 2.45. The minimum Gasteiger partial charge on any atom is -0.504 e. The van der Waals surface area contributed by atoms with E-state index in [9.17, 15) is 5.11 Å². The SMILES string of the molecule is COc1ccc(CNc2ccc(C(C)C)cc2)cc1O. The summed E-state index contributed by atoms with van der Waals surface area (Å²) in [6.45, 7) is 5.03. The molecule has 0 atom stereocenters. The van der Waals surface area contributed by atoms with E-state index in [1.807, 2.05) is 6.07 Å². The van der Waals surface area contributed by atoms with E-state index >= 15 is 0 Å². The number of methoxy groups -OCH3 is 1. The van der Waals surface area contributed by atoms with E-state index < -0.39 is 0 Å². The molecule has 0 bridgehead atoms. The maximum atomic E-state index is 9.73. The number of benzene rings is 2. The van der Waals surface area contributed by atoms with Crippen molar-refractivity contribution in [2.45, 2.75) is 26.3 Å². The molecular weight excluding hydrogens is 250 g/mol. The average molecular weight is 271 g/mol. The second kappa shape index (κ2) is 6.33. The highest BCUT2D eigenvalue weighted by molar-refractivity contribution is 5.47. The minimum atomic E-state index is 0.168. The molecule has 0 heterocycles. The van der Waals surface area contributed by atoms with Gasteiger partial charge in [-0.05, 0) is 41.3 Å². The van der Waals surface area contributed by atoms with Crippen molar-refractivity contribution >= 4 is 5.69 Å². The lowest BCUT2D eigenvalue weighted by molar-refractivity contribution is 0.373. The van der Waals surface area contributed by atoms with Crippen molar-refractivity contribution in [3.8, 4) is 11.5 Å². The van der Waals surface area contributed by atoms with Gasteiger partial charge in [0, 0.05) is 12.2 Å². The molecule has 20 heavy (non-hydrogen) atoms. The first-order valence-electron chi connectivity index (χ1n) is 6.80. The van der Waals surface area contributed by atoms with Crippen LogP contribution >= 0.6 is 0 Å². The largest absolute Gasteiger partial charge is 0.504 e. The first-order chi connectivity index (χ1) is 9.60. The zero-order chi connectivity index (χ0) is 14.5. The van der Waals surface area contributed by atoms with Gasteiger partial charge >= 0.3 is 0 Å². The van der Waals surface area contributed by atoms with Crippen LogP contribution in [0.2, 0.25) is 0 Å². The Morgan fingerprint density at radius 3 is 2.35 bits per heavy atom. The predicted molar refractivity (Wildman–Crippen MR) is 82.5 cm³/mol. The molecule has 3 nitrogen and oxygen atoms in total. The summed E-state index contributed by atoms with van der Waals surface area (Å²) in [5, 5.41) is 13.1. The fourth-order valence-electron chi connectivity index (χ4n) is 2.04. The summed E-state index contributed by atoms with van der Waals surface area (Å²) in [7, 11) is 1.54. The van der Waals surface area contributed by atoms with Gasteiger partial charge in [-0.1, -0.05) is 32.0 Å². The molecule has 0 aliphatic carbocycles. The molecule has 3 heteroatoms. The normalized spacial score (nSPS) is 10.6. The Morgan fingerprint density at radius 1 is 1.10 bits per heavy atom. The molecule has 0 aliphatic heterocycles. The van der Waals surface area contributed by atoms with Crippen molar-refractivity contribution < 1.29 is 9.84 Å². The second-order valence-electron chi connectivity index (χ2n) is 5.14. The zero-order valence-electron chi connectivity index (χ0n) is 12.2. The Kier molecular flexibility index (Phi) is 4.51. The molecule has 0 aromatic heterocycles. The van der Waals surface area contributed by atoms with Crippen LogP contribution in [-0.4, -0.2) is 12.2 Å². The van der Waals surface area contributed by atoms with Crippen LogP contribution in [0.4, 0.5) is 5.69 Å². The quantitative estimate of drug-likeness (QED) is 0.859. The fraction of sp³-hybridized carbons (Fsp3) is 0.294. The Balaban J connectivity index is 1.99. The molecule has 106 valence electrons. The highest BCUT2D eigenvalue weighted by atomic mass is 16.5. The third-order valence-corrected chi connectivity index (χ3v) is 3.32. The van der Waals surface area contributed by atoms with Crippen molar-refractivity contribution in [2.24, 2.45) is 0 Å². The van der Waals surface area contributed by atoms with E-state index in [4.69, 9.17) is 4.74 Å². The molecule has 0 aliphatic rings. The lowest BCUT2D eigenvalue weighted by atomic mass is 10.0. The molecule has 0 saturated heterocycles. The van der Waals surface area contributed by atoms with Crippen LogP contribution in [0.15, 0.2) is 42.5 Å². The maximum Gasteiger partial charge on any atom is 0.160 e.